The molecule has 2 aromatic carbocycles. The molecule has 0 radical (unpaired) electrons. The number of carbonyl (C=O) groups excluding carboxylic acids is 1. The lowest BCUT2D eigenvalue weighted by atomic mass is 10.1. The Hall–Kier alpha value is -2.49. The van der Waals surface area contributed by atoms with E-state index in [1.54, 1.807) is 6.07 Å². The van der Waals surface area contributed by atoms with E-state index in [4.69, 9.17) is 0 Å². The lowest BCUT2D eigenvalue weighted by Gasteiger charge is -2.09. The maximum atomic E-state index is 12.0. The van der Waals surface area contributed by atoms with Crippen molar-refractivity contribution in [3.8, 4) is 11.5 Å². The summed E-state index contributed by atoms with van der Waals surface area (Å²) in [5, 5.41) is 21.6. The SMILES string of the molecule is Cc1ccccc1NC(=O)c1cc(O)ccc1O. The monoisotopic (exact) mass is 243 g/mol. The van der Waals surface area contributed by atoms with Crippen LogP contribution in [0.2, 0.25) is 0 Å². The number of para-hydroxylation sites is 1. The van der Waals surface area contributed by atoms with E-state index in [0.29, 0.717) is 5.69 Å². The lowest BCUT2D eigenvalue weighted by molar-refractivity contribution is 0.102. The van der Waals surface area contributed by atoms with Crippen molar-refractivity contribution in [2.45, 2.75) is 6.92 Å². The Bertz CT molecular complexity index is 593. The van der Waals surface area contributed by atoms with Crippen LogP contribution in [0.1, 0.15) is 15.9 Å². The second kappa shape index (κ2) is 4.79. The van der Waals surface area contributed by atoms with Crippen molar-refractivity contribution in [2.24, 2.45) is 0 Å². The molecule has 0 atom stereocenters. The Labute approximate surface area is 105 Å². The average Bonchev–Trinajstić information content (AvgIpc) is 2.35. The van der Waals surface area contributed by atoms with Crippen molar-refractivity contribution in [1.29, 1.82) is 0 Å². The third-order valence-corrected chi connectivity index (χ3v) is 2.62. The fourth-order valence-corrected chi connectivity index (χ4v) is 1.61. The van der Waals surface area contributed by atoms with E-state index >= 15 is 0 Å². The largest absolute Gasteiger partial charge is 0.508 e. The van der Waals surface area contributed by atoms with Gasteiger partial charge in [0.2, 0.25) is 0 Å². The van der Waals surface area contributed by atoms with Crippen molar-refractivity contribution >= 4 is 11.6 Å². The summed E-state index contributed by atoms with van der Waals surface area (Å²) in [5.74, 6) is -0.695. The minimum Gasteiger partial charge on any atom is -0.508 e. The van der Waals surface area contributed by atoms with Gasteiger partial charge in [0.1, 0.15) is 11.5 Å². The fourth-order valence-electron chi connectivity index (χ4n) is 1.61. The predicted molar refractivity (Wildman–Crippen MR) is 68.9 cm³/mol. The molecular formula is C14H13NO3. The van der Waals surface area contributed by atoms with Gasteiger partial charge in [0.15, 0.2) is 0 Å². The van der Waals surface area contributed by atoms with Crippen LogP contribution in [0.25, 0.3) is 0 Å². The van der Waals surface area contributed by atoms with Gasteiger partial charge in [-0.05, 0) is 36.8 Å². The smallest absolute Gasteiger partial charge is 0.259 e. The molecule has 3 N–H and O–H groups in total. The van der Waals surface area contributed by atoms with Crippen molar-refractivity contribution in [1.82, 2.24) is 0 Å². The summed E-state index contributed by atoms with van der Waals surface area (Å²) in [4.78, 5) is 12.0. The van der Waals surface area contributed by atoms with Crippen molar-refractivity contribution < 1.29 is 15.0 Å². The van der Waals surface area contributed by atoms with E-state index in [1.807, 2.05) is 25.1 Å². The first kappa shape index (κ1) is 12.0. The summed E-state index contributed by atoms with van der Waals surface area (Å²) in [6, 6.07) is 11.2. The van der Waals surface area contributed by atoms with Crippen LogP contribution in [0.4, 0.5) is 5.69 Å². The van der Waals surface area contributed by atoms with Crippen molar-refractivity contribution in [2.75, 3.05) is 5.32 Å². The normalized spacial score (nSPS) is 10.1. The molecule has 2 aromatic rings. The number of aromatic hydroxyl groups is 2. The standard InChI is InChI=1S/C14H13NO3/c1-9-4-2-3-5-12(9)15-14(18)11-8-10(16)6-7-13(11)17/h2-8,16-17H,1H3,(H,15,18). The summed E-state index contributed by atoms with van der Waals surface area (Å²) < 4.78 is 0. The van der Waals surface area contributed by atoms with E-state index < -0.39 is 5.91 Å². The van der Waals surface area contributed by atoms with Gasteiger partial charge in [-0.1, -0.05) is 18.2 Å². The van der Waals surface area contributed by atoms with Crippen molar-refractivity contribution in [3.05, 3.63) is 53.6 Å². The third kappa shape index (κ3) is 2.43. The number of rotatable bonds is 2. The van der Waals surface area contributed by atoms with E-state index in [9.17, 15) is 15.0 Å². The first-order chi connectivity index (χ1) is 8.58. The zero-order valence-corrected chi connectivity index (χ0v) is 9.84. The summed E-state index contributed by atoms with van der Waals surface area (Å²) in [6.45, 7) is 1.87. The van der Waals surface area contributed by atoms with Crippen LogP contribution in [0.5, 0.6) is 11.5 Å². The van der Waals surface area contributed by atoms with Gasteiger partial charge in [-0.2, -0.15) is 0 Å². The molecule has 0 aliphatic rings. The summed E-state index contributed by atoms with van der Waals surface area (Å²) in [6.07, 6.45) is 0. The highest BCUT2D eigenvalue weighted by molar-refractivity contribution is 6.06. The maximum absolute atomic E-state index is 12.0. The van der Waals surface area contributed by atoms with Crippen LogP contribution in [0.15, 0.2) is 42.5 Å². The molecule has 0 saturated carbocycles. The Morgan fingerprint density at radius 1 is 1.11 bits per heavy atom. The number of carbonyl (C=O) groups is 1. The molecule has 0 aliphatic carbocycles. The minimum absolute atomic E-state index is 0.0400. The molecule has 0 bridgehead atoms. The number of amides is 1. The minimum atomic E-state index is -0.460. The summed E-state index contributed by atoms with van der Waals surface area (Å²) in [7, 11) is 0. The summed E-state index contributed by atoms with van der Waals surface area (Å²) in [5.41, 5.74) is 1.63. The number of aryl methyl sites for hydroxylation is 1. The number of nitrogens with one attached hydrogen (secondary N) is 1. The van der Waals surface area contributed by atoms with Crippen LogP contribution in [0.3, 0.4) is 0 Å². The zero-order valence-electron chi connectivity index (χ0n) is 9.84. The quantitative estimate of drug-likeness (QED) is 0.710. The Morgan fingerprint density at radius 3 is 2.56 bits per heavy atom. The molecule has 18 heavy (non-hydrogen) atoms. The van der Waals surface area contributed by atoms with Gasteiger partial charge in [0, 0.05) is 5.69 Å². The van der Waals surface area contributed by atoms with E-state index in [0.717, 1.165) is 5.56 Å². The molecule has 0 aliphatic heterocycles. The van der Waals surface area contributed by atoms with Gasteiger partial charge in [0.25, 0.3) is 5.91 Å². The van der Waals surface area contributed by atoms with Crippen LogP contribution < -0.4 is 5.32 Å². The number of phenols is 2. The molecule has 0 unspecified atom stereocenters. The maximum Gasteiger partial charge on any atom is 0.259 e. The molecule has 1 amide bonds. The van der Waals surface area contributed by atoms with Crippen LogP contribution >= 0.6 is 0 Å². The second-order valence-corrected chi connectivity index (χ2v) is 3.97. The molecule has 4 heteroatoms. The highest BCUT2D eigenvalue weighted by atomic mass is 16.3. The van der Waals surface area contributed by atoms with Gasteiger partial charge < -0.3 is 15.5 Å². The third-order valence-electron chi connectivity index (χ3n) is 2.62. The molecule has 2 rings (SSSR count). The van der Waals surface area contributed by atoms with Gasteiger partial charge in [-0.3, -0.25) is 4.79 Å². The number of phenolic OH excluding ortho intramolecular Hbond substituents is 2. The molecule has 0 fully saturated rings. The molecule has 0 spiro atoms. The number of anilines is 1. The average molecular weight is 243 g/mol. The number of benzene rings is 2. The fraction of sp³-hybridized carbons (Fsp3) is 0.0714. The van der Waals surface area contributed by atoms with Gasteiger partial charge in [0.05, 0.1) is 5.56 Å². The topological polar surface area (TPSA) is 69.6 Å². The Morgan fingerprint density at radius 2 is 1.83 bits per heavy atom. The molecule has 92 valence electrons. The number of hydrogen-bond donors (Lipinski definition) is 3. The first-order valence-electron chi connectivity index (χ1n) is 5.47. The Balaban J connectivity index is 2.28. The van der Waals surface area contributed by atoms with Gasteiger partial charge >= 0.3 is 0 Å². The van der Waals surface area contributed by atoms with E-state index in [2.05, 4.69) is 5.32 Å². The van der Waals surface area contributed by atoms with Crippen LogP contribution in [0, 0.1) is 6.92 Å². The zero-order chi connectivity index (χ0) is 13.1. The molecule has 4 nitrogen and oxygen atoms in total. The van der Waals surface area contributed by atoms with Crippen LogP contribution in [-0.4, -0.2) is 16.1 Å². The first-order valence-corrected chi connectivity index (χ1v) is 5.47. The van der Waals surface area contributed by atoms with E-state index in [-0.39, 0.29) is 17.1 Å². The number of hydrogen-bond acceptors (Lipinski definition) is 3. The van der Waals surface area contributed by atoms with Crippen molar-refractivity contribution in [3.63, 3.8) is 0 Å². The lowest BCUT2D eigenvalue weighted by Crippen LogP contribution is -2.12. The predicted octanol–water partition coefficient (Wildman–Crippen LogP) is 2.66. The molecule has 0 aromatic heterocycles. The molecular weight excluding hydrogens is 230 g/mol. The van der Waals surface area contributed by atoms with E-state index in [1.165, 1.54) is 18.2 Å². The summed E-state index contributed by atoms with van der Waals surface area (Å²) >= 11 is 0. The second-order valence-electron chi connectivity index (χ2n) is 3.97. The molecule has 0 saturated heterocycles. The molecule has 0 heterocycles. The van der Waals surface area contributed by atoms with Crippen LogP contribution in [-0.2, 0) is 0 Å². The Kier molecular flexibility index (Phi) is 3.19. The van der Waals surface area contributed by atoms with Gasteiger partial charge in [-0.15, -0.1) is 0 Å². The highest BCUT2D eigenvalue weighted by Gasteiger charge is 2.12. The highest BCUT2D eigenvalue weighted by Crippen LogP contribution is 2.23. The van der Waals surface area contributed by atoms with Gasteiger partial charge in [-0.25, -0.2) is 0 Å².